The van der Waals surface area contributed by atoms with Crippen molar-refractivity contribution in [3.63, 3.8) is 0 Å². The molecule has 1 N–H and O–H groups in total. The van der Waals surface area contributed by atoms with Gasteiger partial charge in [-0.25, -0.2) is 0 Å². The number of hydrogen-bond acceptors (Lipinski definition) is 2. The summed E-state index contributed by atoms with van der Waals surface area (Å²) in [7, 11) is 0. The van der Waals surface area contributed by atoms with Crippen LogP contribution in [0.2, 0.25) is 0 Å². The molecule has 0 aromatic carbocycles. The van der Waals surface area contributed by atoms with E-state index in [9.17, 15) is 0 Å². The molecule has 0 atom stereocenters. The summed E-state index contributed by atoms with van der Waals surface area (Å²) in [6.07, 6.45) is 4.26. The maximum atomic E-state index is 3.34. The molecule has 2 saturated heterocycles. The second kappa shape index (κ2) is 7.24. The number of piperidine rings is 1. The van der Waals surface area contributed by atoms with E-state index in [1.807, 2.05) is 13.8 Å². The van der Waals surface area contributed by atoms with Crippen molar-refractivity contribution in [1.82, 2.24) is 10.2 Å². The fourth-order valence-corrected chi connectivity index (χ4v) is 2.20. The average molecular weight is 212 g/mol. The normalized spacial score (nSPS) is 24.2. The van der Waals surface area contributed by atoms with Gasteiger partial charge in [0.25, 0.3) is 0 Å². The smallest absolute Gasteiger partial charge is 0.000778 e. The van der Waals surface area contributed by atoms with Crippen molar-refractivity contribution >= 4 is 0 Å². The van der Waals surface area contributed by atoms with Crippen molar-refractivity contribution in [2.45, 2.75) is 40.0 Å². The van der Waals surface area contributed by atoms with Crippen molar-refractivity contribution in [1.29, 1.82) is 0 Å². The molecule has 0 radical (unpaired) electrons. The number of likely N-dealkylation sites (tertiary alicyclic amines) is 1. The lowest BCUT2D eigenvalue weighted by Crippen LogP contribution is -2.44. The SMILES string of the molecule is CC.CC1CCN(CCC2CNC2)CC1. The topological polar surface area (TPSA) is 15.3 Å². The Morgan fingerprint density at radius 1 is 1.13 bits per heavy atom. The van der Waals surface area contributed by atoms with E-state index in [1.54, 1.807) is 0 Å². The van der Waals surface area contributed by atoms with Crippen LogP contribution in [0.5, 0.6) is 0 Å². The van der Waals surface area contributed by atoms with E-state index in [0.717, 1.165) is 11.8 Å². The minimum Gasteiger partial charge on any atom is -0.316 e. The van der Waals surface area contributed by atoms with E-state index in [0.29, 0.717) is 0 Å². The summed E-state index contributed by atoms with van der Waals surface area (Å²) in [4.78, 5) is 2.65. The minimum atomic E-state index is 0.974. The van der Waals surface area contributed by atoms with Crippen LogP contribution in [0.15, 0.2) is 0 Å². The Bertz CT molecular complexity index is 147. The molecule has 0 spiro atoms. The molecular formula is C13H28N2. The molecule has 0 aromatic rings. The van der Waals surface area contributed by atoms with Crippen LogP contribution in [-0.4, -0.2) is 37.6 Å². The van der Waals surface area contributed by atoms with Crippen LogP contribution in [-0.2, 0) is 0 Å². The highest BCUT2D eigenvalue weighted by Gasteiger charge is 2.19. The molecule has 90 valence electrons. The summed E-state index contributed by atoms with van der Waals surface area (Å²) in [6, 6.07) is 0. The third-order valence-corrected chi connectivity index (χ3v) is 3.60. The Kier molecular flexibility index (Phi) is 6.26. The second-order valence-electron chi connectivity index (χ2n) is 4.84. The van der Waals surface area contributed by atoms with Gasteiger partial charge in [-0.15, -0.1) is 0 Å². The van der Waals surface area contributed by atoms with Crippen LogP contribution in [0.4, 0.5) is 0 Å². The lowest BCUT2D eigenvalue weighted by Gasteiger charge is -2.33. The van der Waals surface area contributed by atoms with Gasteiger partial charge in [-0.1, -0.05) is 20.8 Å². The second-order valence-corrected chi connectivity index (χ2v) is 4.84. The zero-order chi connectivity index (χ0) is 11.1. The first-order valence-corrected chi connectivity index (χ1v) is 6.77. The molecule has 0 amide bonds. The summed E-state index contributed by atoms with van der Waals surface area (Å²) >= 11 is 0. The van der Waals surface area contributed by atoms with Crippen LogP contribution in [0.1, 0.15) is 40.0 Å². The molecule has 2 aliphatic rings. The van der Waals surface area contributed by atoms with Gasteiger partial charge in [-0.3, -0.25) is 0 Å². The molecule has 0 unspecified atom stereocenters. The molecule has 0 saturated carbocycles. The zero-order valence-corrected chi connectivity index (χ0v) is 10.8. The first kappa shape index (κ1) is 13.0. The summed E-state index contributed by atoms with van der Waals surface area (Å²) in [5.41, 5.74) is 0. The van der Waals surface area contributed by atoms with E-state index in [1.165, 1.54) is 52.0 Å². The molecule has 15 heavy (non-hydrogen) atoms. The third kappa shape index (κ3) is 4.52. The quantitative estimate of drug-likeness (QED) is 0.772. The Morgan fingerprint density at radius 3 is 2.20 bits per heavy atom. The Hall–Kier alpha value is -0.0800. The van der Waals surface area contributed by atoms with Gasteiger partial charge in [0.1, 0.15) is 0 Å². The van der Waals surface area contributed by atoms with Crippen LogP contribution < -0.4 is 5.32 Å². The van der Waals surface area contributed by atoms with Crippen LogP contribution in [0.3, 0.4) is 0 Å². The van der Waals surface area contributed by atoms with Gasteiger partial charge in [0.2, 0.25) is 0 Å². The largest absolute Gasteiger partial charge is 0.316 e. The predicted octanol–water partition coefficient (Wildman–Crippen LogP) is 2.35. The summed E-state index contributed by atoms with van der Waals surface area (Å²) in [6.45, 7) is 13.0. The van der Waals surface area contributed by atoms with Gasteiger partial charge >= 0.3 is 0 Å². The number of nitrogens with one attached hydrogen (secondary N) is 1. The lowest BCUT2D eigenvalue weighted by atomic mass is 9.96. The van der Waals surface area contributed by atoms with Gasteiger partial charge in [0, 0.05) is 0 Å². The van der Waals surface area contributed by atoms with Gasteiger partial charge in [-0.05, 0) is 63.8 Å². The predicted molar refractivity (Wildman–Crippen MR) is 67.2 cm³/mol. The number of nitrogens with zero attached hydrogens (tertiary/aromatic N) is 1. The van der Waals surface area contributed by atoms with Crippen molar-refractivity contribution in [3.8, 4) is 0 Å². The van der Waals surface area contributed by atoms with Gasteiger partial charge in [0.15, 0.2) is 0 Å². The molecule has 2 heterocycles. The molecule has 0 aromatic heterocycles. The maximum absolute atomic E-state index is 3.34. The summed E-state index contributed by atoms with van der Waals surface area (Å²) in [5.74, 6) is 1.96. The van der Waals surface area contributed by atoms with Crippen molar-refractivity contribution in [2.75, 3.05) is 32.7 Å². The highest BCUT2D eigenvalue weighted by molar-refractivity contribution is 4.77. The lowest BCUT2D eigenvalue weighted by molar-refractivity contribution is 0.171. The minimum absolute atomic E-state index is 0.974. The van der Waals surface area contributed by atoms with E-state index in [-0.39, 0.29) is 0 Å². The third-order valence-electron chi connectivity index (χ3n) is 3.60. The Morgan fingerprint density at radius 2 is 1.73 bits per heavy atom. The van der Waals surface area contributed by atoms with E-state index in [2.05, 4.69) is 17.1 Å². The first-order chi connectivity index (χ1) is 7.34. The monoisotopic (exact) mass is 212 g/mol. The van der Waals surface area contributed by atoms with Crippen LogP contribution in [0.25, 0.3) is 0 Å². The molecule has 2 fully saturated rings. The standard InChI is InChI=1S/C11H22N2.C2H6/c1-10-2-5-13(6-3-10)7-4-11-8-12-9-11;1-2/h10-12H,2-9H2,1H3;1-2H3. The van der Waals surface area contributed by atoms with Gasteiger partial charge in [-0.2, -0.15) is 0 Å². The van der Waals surface area contributed by atoms with Crippen LogP contribution in [0, 0.1) is 11.8 Å². The van der Waals surface area contributed by atoms with E-state index < -0.39 is 0 Å². The van der Waals surface area contributed by atoms with Gasteiger partial charge < -0.3 is 10.2 Å². The van der Waals surface area contributed by atoms with Gasteiger partial charge in [0.05, 0.1) is 0 Å². The Balaban J connectivity index is 0.000000531. The fraction of sp³-hybridized carbons (Fsp3) is 1.00. The highest BCUT2D eigenvalue weighted by Crippen LogP contribution is 2.17. The van der Waals surface area contributed by atoms with E-state index in [4.69, 9.17) is 0 Å². The number of rotatable bonds is 3. The molecule has 0 bridgehead atoms. The first-order valence-electron chi connectivity index (χ1n) is 6.77. The van der Waals surface area contributed by atoms with Crippen molar-refractivity contribution in [2.24, 2.45) is 11.8 Å². The van der Waals surface area contributed by atoms with Crippen molar-refractivity contribution < 1.29 is 0 Å². The molecule has 2 nitrogen and oxygen atoms in total. The molecule has 2 aliphatic heterocycles. The number of hydrogen-bond donors (Lipinski definition) is 1. The highest BCUT2D eigenvalue weighted by atomic mass is 15.1. The Labute approximate surface area is 95.4 Å². The zero-order valence-electron chi connectivity index (χ0n) is 10.8. The van der Waals surface area contributed by atoms with Crippen molar-refractivity contribution in [3.05, 3.63) is 0 Å². The molecule has 2 rings (SSSR count). The van der Waals surface area contributed by atoms with E-state index >= 15 is 0 Å². The maximum Gasteiger partial charge on any atom is -0.000778 e. The summed E-state index contributed by atoms with van der Waals surface area (Å²) in [5, 5.41) is 3.34. The molecule has 0 aliphatic carbocycles. The molecule has 2 heteroatoms. The summed E-state index contributed by atoms with van der Waals surface area (Å²) < 4.78 is 0. The molecular weight excluding hydrogens is 184 g/mol. The van der Waals surface area contributed by atoms with Crippen LogP contribution >= 0.6 is 0 Å². The average Bonchev–Trinajstić information content (AvgIpc) is 2.22. The fourth-order valence-electron chi connectivity index (χ4n) is 2.20.